The first-order chi connectivity index (χ1) is 12.0. The van der Waals surface area contributed by atoms with Crippen LogP contribution in [0, 0.1) is 10.1 Å². The molecule has 2 rings (SSSR count). The van der Waals surface area contributed by atoms with E-state index in [2.05, 4.69) is 10.0 Å². The Morgan fingerprint density at radius 2 is 1.88 bits per heavy atom. The summed E-state index contributed by atoms with van der Waals surface area (Å²) in [5, 5.41) is 25.1. The quantitative estimate of drug-likeness (QED) is 0.263. The smallest absolute Gasteiger partial charge is 0.314 e. The number of carbonyl (C=O) groups is 1. The molecule has 0 bridgehead atoms. The van der Waals surface area contributed by atoms with Crippen molar-refractivity contribution < 1.29 is 14.8 Å². The third-order valence-corrected chi connectivity index (χ3v) is 4.29. The van der Waals surface area contributed by atoms with Crippen molar-refractivity contribution in [3.63, 3.8) is 0 Å². The number of rotatable bonds is 7. The van der Waals surface area contributed by atoms with Gasteiger partial charge in [0.2, 0.25) is 0 Å². The first-order valence-electron chi connectivity index (χ1n) is 7.55. The molecule has 0 aliphatic heterocycles. The van der Waals surface area contributed by atoms with Gasteiger partial charge in [0, 0.05) is 16.5 Å². The van der Waals surface area contributed by atoms with Crippen LogP contribution in [0.5, 0.6) is 0 Å². The number of para-hydroxylation sites is 1. The molecule has 0 aliphatic rings. The molecule has 0 fully saturated rings. The van der Waals surface area contributed by atoms with Crippen molar-refractivity contribution in [3.8, 4) is 0 Å². The summed E-state index contributed by atoms with van der Waals surface area (Å²) < 4.78 is 0. The molecule has 25 heavy (non-hydrogen) atoms. The lowest BCUT2D eigenvalue weighted by Gasteiger charge is -2.34. The molecule has 8 heteroatoms. The van der Waals surface area contributed by atoms with Gasteiger partial charge in [-0.3, -0.25) is 14.9 Å². The molecule has 2 aromatic carbocycles. The van der Waals surface area contributed by atoms with E-state index in [0.717, 1.165) is 0 Å². The van der Waals surface area contributed by atoms with Gasteiger partial charge in [0.1, 0.15) is 5.41 Å². The summed E-state index contributed by atoms with van der Waals surface area (Å²) in [5.41, 5.74) is 7.59. The molecule has 2 aromatic rings. The number of benzene rings is 2. The van der Waals surface area contributed by atoms with E-state index < -0.39 is 22.3 Å². The molecule has 0 saturated heterocycles. The Bertz CT molecular complexity index is 834. The van der Waals surface area contributed by atoms with Gasteiger partial charge >= 0.3 is 5.97 Å². The normalized spacial score (nSPS) is 14.0. The lowest BCUT2D eigenvalue weighted by atomic mass is 9.70. The number of nitro groups is 1. The molecule has 0 heterocycles. The van der Waals surface area contributed by atoms with Gasteiger partial charge in [-0.2, -0.15) is 0 Å². The van der Waals surface area contributed by atoms with Crippen LogP contribution in [0.4, 0.5) is 5.69 Å². The lowest BCUT2D eigenvalue weighted by Crippen LogP contribution is -2.40. The van der Waals surface area contributed by atoms with Crippen molar-refractivity contribution >= 4 is 11.7 Å². The SMILES string of the molecule is CC[C@](C(=O)O)(c1ccccc1)[C@@H](N=[N+]=[N-])c1ccccc1[N+](=O)[O-]. The number of aliphatic carboxylic acids is 1. The molecule has 0 saturated carbocycles. The molecule has 1 N–H and O–H groups in total. The Hall–Kier alpha value is -3.38. The second kappa shape index (κ2) is 7.46. The Morgan fingerprint density at radius 1 is 1.28 bits per heavy atom. The van der Waals surface area contributed by atoms with Gasteiger partial charge in [0.15, 0.2) is 0 Å². The summed E-state index contributed by atoms with van der Waals surface area (Å²) in [6, 6.07) is 12.8. The van der Waals surface area contributed by atoms with Crippen LogP contribution in [0.1, 0.15) is 30.5 Å². The molecule has 0 amide bonds. The van der Waals surface area contributed by atoms with Crippen LogP contribution >= 0.6 is 0 Å². The molecule has 0 aromatic heterocycles. The third-order valence-electron chi connectivity index (χ3n) is 4.29. The van der Waals surface area contributed by atoms with Crippen molar-refractivity contribution in [2.75, 3.05) is 0 Å². The zero-order chi connectivity index (χ0) is 18.4. The zero-order valence-corrected chi connectivity index (χ0v) is 13.4. The Morgan fingerprint density at radius 3 is 2.40 bits per heavy atom. The van der Waals surface area contributed by atoms with Gasteiger partial charge in [0.05, 0.1) is 11.0 Å². The van der Waals surface area contributed by atoms with E-state index in [9.17, 15) is 20.0 Å². The van der Waals surface area contributed by atoms with Crippen LogP contribution < -0.4 is 0 Å². The maximum Gasteiger partial charge on any atom is 0.314 e. The average Bonchev–Trinajstić information content (AvgIpc) is 2.62. The summed E-state index contributed by atoms with van der Waals surface area (Å²) in [5.74, 6) is -1.21. The minimum absolute atomic E-state index is 0.0680. The molecule has 2 atom stereocenters. The summed E-state index contributed by atoms with van der Waals surface area (Å²) >= 11 is 0. The van der Waals surface area contributed by atoms with E-state index in [4.69, 9.17) is 5.53 Å². The summed E-state index contributed by atoms with van der Waals surface area (Å²) in [7, 11) is 0. The first-order valence-corrected chi connectivity index (χ1v) is 7.55. The monoisotopic (exact) mass is 340 g/mol. The van der Waals surface area contributed by atoms with Crippen molar-refractivity contribution in [2.24, 2.45) is 5.11 Å². The van der Waals surface area contributed by atoms with E-state index in [-0.39, 0.29) is 17.7 Å². The predicted octanol–water partition coefficient (Wildman–Crippen LogP) is 4.38. The van der Waals surface area contributed by atoms with Gasteiger partial charge in [-0.25, -0.2) is 0 Å². The average molecular weight is 340 g/mol. The molecule has 128 valence electrons. The van der Waals surface area contributed by atoms with Crippen LogP contribution in [0.15, 0.2) is 59.7 Å². The molecule has 0 spiro atoms. The largest absolute Gasteiger partial charge is 0.481 e. The van der Waals surface area contributed by atoms with Gasteiger partial charge in [-0.15, -0.1) is 0 Å². The van der Waals surface area contributed by atoms with Crippen LogP contribution in [-0.4, -0.2) is 16.0 Å². The Labute approximate surface area is 143 Å². The van der Waals surface area contributed by atoms with Gasteiger partial charge in [-0.1, -0.05) is 60.6 Å². The molecule has 0 radical (unpaired) electrons. The topological polar surface area (TPSA) is 129 Å². The number of hydrogen-bond acceptors (Lipinski definition) is 4. The third kappa shape index (κ3) is 3.15. The number of carboxylic acids is 1. The van der Waals surface area contributed by atoms with Crippen LogP contribution in [-0.2, 0) is 10.2 Å². The van der Waals surface area contributed by atoms with Gasteiger partial charge in [0.25, 0.3) is 5.69 Å². The number of hydrogen-bond donors (Lipinski definition) is 1. The Kier molecular flexibility index (Phi) is 5.36. The van der Waals surface area contributed by atoms with Gasteiger partial charge < -0.3 is 5.11 Å². The van der Waals surface area contributed by atoms with E-state index in [1.54, 1.807) is 43.3 Å². The minimum Gasteiger partial charge on any atom is -0.481 e. The van der Waals surface area contributed by atoms with Crippen molar-refractivity contribution in [1.29, 1.82) is 0 Å². The highest BCUT2D eigenvalue weighted by Gasteiger charge is 2.48. The Balaban J connectivity index is 2.82. The predicted molar refractivity (Wildman–Crippen MR) is 91.0 cm³/mol. The van der Waals surface area contributed by atoms with Crippen LogP contribution in [0.2, 0.25) is 0 Å². The second-order valence-corrected chi connectivity index (χ2v) is 5.42. The van der Waals surface area contributed by atoms with E-state index in [0.29, 0.717) is 5.56 Å². The zero-order valence-electron chi connectivity index (χ0n) is 13.4. The fourth-order valence-electron chi connectivity index (χ4n) is 3.05. The highest BCUT2D eigenvalue weighted by atomic mass is 16.6. The number of nitro benzene ring substituents is 1. The van der Waals surface area contributed by atoms with E-state index >= 15 is 0 Å². The summed E-state index contributed by atoms with van der Waals surface area (Å²) in [4.78, 5) is 25.8. The minimum atomic E-state index is -1.63. The maximum atomic E-state index is 12.3. The van der Waals surface area contributed by atoms with Crippen LogP contribution in [0.25, 0.3) is 10.4 Å². The van der Waals surface area contributed by atoms with E-state index in [1.807, 2.05) is 0 Å². The molecule has 8 nitrogen and oxygen atoms in total. The molecule has 0 unspecified atom stereocenters. The fourth-order valence-corrected chi connectivity index (χ4v) is 3.05. The highest BCUT2D eigenvalue weighted by molar-refractivity contribution is 5.83. The summed E-state index contributed by atoms with van der Waals surface area (Å²) in [6.45, 7) is 1.65. The van der Waals surface area contributed by atoms with Crippen LogP contribution in [0.3, 0.4) is 0 Å². The van der Waals surface area contributed by atoms with Crippen molar-refractivity contribution in [1.82, 2.24) is 0 Å². The van der Waals surface area contributed by atoms with Crippen molar-refractivity contribution in [2.45, 2.75) is 24.8 Å². The molecular formula is C17H16N4O4. The summed E-state index contributed by atoms with van der Waals surface area (Å²) in [6.07, 6.45) is 0.0854. The fraction of sp³-hybridized carbons (Fsp3) is 0.235. The molecular weight excluding hydrogens is 324 g/mol. The number of nitrogens with zero attached hydrogens (tertiary/aromatic N) is 4. The highest BCUT2D eigenvalue weighted by Crippen LogP contribution is 2.45. The number of carboxylic acid groups (broad SMARTS) is 1. The number of azide groups is 1. The van der Waals surface area contributed by atoms with Gasteiger partial charge in [-0.05, 0) is 17.5 Å². The maximum absolute atomic E-state index is 12.3. The molecule has 0 aliphatic carbocycles. The van der Waals surface area contributed by atoms with Crippen molar-refractivity contribution in [3.05, 3.63) is 86.3 Å². The van der Waals surface area contributed by atoms with E-state index in [1.165, 1.54) is 18.2 Å². The lowest BCUT2D eigenvalue weighted by molar-refractivity contribution is -0.385. The first kappa shape index (κ1) is 18.0. The standard InChI is InChI=1S/C17H16N4O4/c1-2-17(16(22)23,12-8-4-3-5-9-12)15(19-20-18)13-10-6-7-11-14(13)21(24)25/h3-11,15H,2H2,1H3,(H,22,23)/t15-,17-/m0/s1. The second-order valence-electron chi connectivity index (χ2n) is 5.42.